The van der Waals surface area contributed by atoms with Crippen LogP contribution in [0.25, 0.3) is 44.2 Å². The molecule has 4 nitrogen and oxygen atoms in total. The highest BCUT2D eigenvalue weighted by atomic mass is 16.3. The van der Waals surface area contributed by atoms with E-state index in [0.29, 0.717) is 11.1 Å². The minimum atomic E-state index is 0.232. The van der Waals surface area contributed by atoms with Gasteiger partial charge in [0, 0.05) is 17.0 Å². The molecule has 0 fully saturated rings. The molecule has 0 radical (unpaired) electrons. The summed E-state index contributed by atoms with van der Waals surface area (Å²) in [6, 6.07) is 44.3. The van der Waals surface area contributed by atoms with Crippen molar-refractivity contribution in [2.45, 2.75) is 39.5 Å². The van der Waals surface area contributed by atoms with Crippen LogP contribution in [0.2, 0.25) is 0 Å². The predicted octanol–water partition coefficient (Wildman–Crippen LogP) is 11.9. The summed E-state index contributed by atoms with van der Waals surface area (Å²) in [5.41, 5.74) is 11.3. The molecule has 224 valence electrons. The molecule has 0 aliphatic carbocycles. The fourth-order valence-corrected chi connectivity index (χ4v) is 6.34. The zero-order valence-electron chi connectivity index (χ0n) is 26.5. The number of para-hydroxylation sites is 1. The molecule has 46 heavy (non-hydrogen) atoms. The number of pyridine rings is 1. The van der Waals surface area contributed by atoms with Gasteiger partial charge in [-0.15, -0.1) is 0 Å². The maximum absolute atomic E-state index is 9.54. The number of hydrogen-bond acceptors (Lipinski definition) is 4. The minimum Gasteiger partial charge on any atom is -0.454 e. The van der Waals surface area contributed by atoms with Crippen LogP contribution >= 0.6 is 0 Å². The molecule has 0 saturated carbocycles. The number of aromatic nitrogens is 1. The second-order valence-electron chi connectivity index (χ2n) is 12.4. The van der Waals surface area contributed by atoms with Crippen LogP contribution in [0.1, 0.15) is 56.2 Å². The summed E-state index contributed by atoms with van der Waals surface area (Å²) in [5, 5.41) is 11.5. The van der Waals surface area contributed by atoms with Gasteiger partial charge in [0.25, 0.3) is 0 Å². The van der Waals surface area contributed by atoms with E-state index in [0.717, 1.165) is 33.5 Å². The van der Waals surface area contributed by atoms with Crippen molar-refractivity contribution in [3.63, 3.8) is 0 Å². The number of nitrogens with zero attached hydrogens (tertiary/aromatic N) is 3. The van der Waals surface area contributed by atoms with Gasteiger partial charge in [-0.25, -0.2) is 4.98 Å². The van der Waals surface area contributed by atoms with Crippen LogP contribution in [0.15, 0.2) is 132 Å². The van der Waals surface area contributed by atoms with Crippen LogP contribution in [0.3, 0.4) is 0 Å². The molecule has 7 rings (SSSR count). The lowest BCUT2D eigenvalue weighted by molar-refractivity contribution is 0.668. The highest BCUT2D eigenvalue weighted by Crippen LogP contribution is 2.48. The van der Waals surface area contributed by atoms with Crippen molar-refractivity contribution in [1.29, 1.82) is 5.26 Å². The van der Waals surface area contributed by atoms with Gasteiger partial charge in [-0.05, 0) is 93.7 Å². The Hall–Kier alpha value is -5.66. The first-order valence-corrected chi connectivity index (χ1v) is 15.8. The molecule has 0 unspecified atom stereocenters. The molecule has 4 heteroatoms. The molecule has 0 saturated heterocycles. The third-order valence-electron chi connectivity index (χ3n) is 8.69. The average Bonchev–Trinajstić information content (AvgIpc) is 3.47. The van der Waals surface area contributed by atoms with Gasteiger partial charge in [-0.3, -0.25) is 4.90 Å². The topological polar surface area (TPSA) is 53.1 Å². The van der Waals surface area contributed by atoms with E-state index in [2.05, 4.69) is 124 Å². The molecule has 0 atom stereocenters. The van der Waals surface area contributed by atoms with Crippen LogP contribution in [0.5, 0.6) is 0 Å². The minimum absolute atomic E-state index is 0.232. The van der Waals surface area contributed by atoms with E-state index >= 15 is 0 Å². The Balaban J connectivity index is 1.46. The third kappa shape index (κ3) is 5.21. The maximum atomic E-state index is 9.54. The number of benzene rings is 5. The van der Waals surface area contributed by atoms with E-state index in [4.69, 9.17) is 9.40 Å². The number of anilines is 3. The van der Waals surface area contributed by atoms with Crippen LogP contribution in [0.4, 0.5) is 17.2 Å². The largest absolute Gasteiger partial charge is 0.454 e. The van der Waals surface area contributed by atoms with Gasteiger partial charge < -0.3 is 4.42 Å². The lowest BCUT2D eigenvalue weighted by atomic mass is 9.87. The van der Waals surface area contributed by atoms with Crippen molar-refractivity contribution in [2.24, 2.45) is 0 Å². The number of nitriles is 1. The molecule has 0 amide bonds. The van der Waals surface area contributed by atoms with Gasteiger partial charge in [-0.1, -0.05) is 100 Å². The smallest absolute Gasteiger partial charge is 0.159 e. The summed E-state index contributed by atoms with van der Waals surface area (Å²) < 4.78 is 6.57. The van der Waals surface area contributed by atoms with Gasteiger partial charge in [-0.2, -0.15) is 5.26 Å². The number of furan rings is 1. The van der Waals surface area contributed by atoms with Crippen molar-refractivity contribution in [3.8, 4) is 28.3 Å². The fraction of sp³-hybridized carbons (Fsp3) is 0.143. The monoisotopic (exact) mass is 597 g/mol. The summed E-state index contributed by atoms with van der Waals surface area (Å²) in [6.45, 7) is 9.03. The summed E-state index contributed by atoms with van der Waals surface area (Å²) in [7, 11) is 0. The Morgan fingerprint density at radius 1 is 0.630 bits per heavy atom. The Morgan fingerprint density at radius 2 is 1.28 bits per heavy atom. The van der Waals surface area contributed by atoms with Crippen molar-refractivity contribution in [2.75, 3.05) is 4.90 Å². The first kappa shape index (κ1) is 29.1. The number of rotatable bonds is 7. The highest BCUT2D eigenvalue weighted by Gasteiger charge is 2.27. The quantitative estimate of drug-likeness (QED) is 0.183. The van der Waals surface area contributed by atoms with Gasteiger partial charge >= 0.3 is 0 Å². The molecule has 2 heterocycles. The Labute approximate surface area is 270 Å². The van der Waals surface area contributed by atoms with E-state index in [1.54, 1.807) is 0 Å². The van der Waals surface area contributed by atoms with E-state index in [9.17, 15) is 5.26 Å². The summed E-state index contributed by atoms with van der Waals surface area (Å²) in [4.78, 5) is 7.15. The molecular formula is C42H35N3O. The zero-order valence-corrected chi connectivity index (χ0v) is 26.5. The molecule has 0 N–H and O–H groups in total. The van der Waals surface area contributed by atoms with E-state index in [1.165, 1.54) is 33.4 Å². The fourth-order valence-electron chi connectivity index (χ4n) is 6.34. The molecule has 0 bridgehead atoms. The second-order valence-corrected chi connectivity index (χ2v) is 12.4. The summed E-state index contributed by atoms with van der Waals surface area (Å²) >= 11 is 0. The van der Waals surface area contributed by atoms with Crippen LogP contribution in [-0.4, -0.2) is 4.98 Å². The van der Waals surface area contributed by atoms with Crippen LogP contribution in [0, 0.1) is 11.3 Å². The number of fused-ring (bicyclic) bond motifs is 3. The average molecular weight is 598 g/mol. The lowest BCUT2D eigenvalue weighted by Crippen LogP contribution is -2.17. The van der Waals surface area contributed by atoms with Crippen LogP contribution < -0.4 is 4.90 Å². The van der Waals surface area contributed by atoms with Crippen molar-refractivity contribution in [1.82, 2.24) is 4.98 Å². The van der Waals surface area contributed by atoms with E-state index in [1.807, 2.05) is 42.6 Å². The first-order valence-electron chi connectivity index (χ1n) is 15.8. The molecule has 2 aromatic heterocycles. The van der Waals surface area contributed by atoms with Gasteiger partial charge in [0.15, 0.2) is 5.58 Å². The normalized spacial score (nSPS) is 11.4. The molecular weight excluding hydrogens is 562 g/mol. The number of hydrogen-bond donors (Lipinski definition) is 0. The van der Waals surface area contributed by atoms with Gasteiger partial charge in [0.05, 0.1) is 23.0 Å². The maximum Gasteiger partial charge on any atom is 0.159 e. The van der Waals surface area contributed by atoms with Gasteiger partial charge in [0.1, 0.15) is 11.4 Å². The molecule has 5 aromatic carbocycles. The third-order valence-corrected chi connectivity index (χ3v) is 8.69. The van der Waals surface area contributed by atoms with E-state index in [-0.39, 0.29) is 11.8 Å². The van der Waals surface area contributed by atoms with Crippen molar-refractivity contribution < 1.29 is 4.42 Å². The predicted molar refractivity (Wildman–Crippen MR) is 190 cm³/mol. The molecule has 0 spiro atoms. The SMILES string of the molecule is CC(C)c1cc(-c2ccc(-c3ccccc3)cc2)cc(C(C)C)c1N(c1ccccn1)c1cccc2c1oc1cc(C#N)ccc12. The van der Waals surface area contributed by atoms with Crippen LogP contribution in [-0.2, 0) is 0 Å². The Kier molecular flexibility index (Phi) is 7.60. The molecule has 0 aliphatic heterocycles. The lowest BCUT2D eigenvalue weighted by Gasteiger charge is -2.32. The standard InChI is InChI=1S/C42H35N3O/c1-27(2)36-24-33(32-19-17-31(18-20-32)30-11-6-5-7-12-30)25-37(28(3)4)41(36)45(40-15-8-9-22-44-40)38-14-10-13-35-34-21-16-29(26-43)23-39(34)46-42(35)38/h5-25,27-28H,1-4H3. The molecule has 7 aromatic rings. The summed E-state index contributed by atoms with van der Waals surface area (Å²) in [6.07, 6.45) is 1.84. The van der Waals surface area contributed by atoms with Crippen molar-refractivity contribution in [3.05, 3.63) is 144 Å². The first-order chi connectivity index (χ1) is 22.4. The zero-order chi connectivity index (χ0) is 31.8. The molecule has 0 aliphatic rings. The highest BCUT2D eigenvalue weighted by molar-refractivity contribution is 6.10. The summed E-state index contributed by atoms with van der Waals surface area (Å²) in [5.74, 6) is 1.28. The van der Waals surface area contributed by atoms with E-state index < -0.39 is 0 Å². The van der Waals surface area contributed by atoms with Gasteiger partial charge in [0.2, 0.25) is 0 Å². The van der Waals surface area contributed by atoms with Crippen molar-refractivity contribution >= 4 is 39.1 Å². The second kappa shape index (κ2) is 12.0. The Morgan fingerprint density at radius 3 is 1.91 bits per heavy atom. The Bertz CT molecular complexity index is 2180.